The van der Waals surface area contributed by atoms with Crippen molar-refractivity contribution in [1.29, 1.82) is 0 Å². The van der Waals surface area contributed by atoms with Gasteiger partial charge in [0.05, 0.1) is 6.54 Å². The van der Waals surface area contributed by atoms with Gasteiger partial charge in [-0.1, -0.05) is 26.2 Å². The van der Waals surface area contributed by atoms with Crippen molar-refractivity contribution in [3.63, 3.8) is 0 Å². The molecular formula is C11H22N2O. The van der Waals surface area contributed by atoms with Crippen molar-refractivity contribution < 1.29 is 4.79 Å². The fourth-order valence-electron chi connectivity index (χ4n) is 2.26. The van der Waals surface area contributed by atoms with Gasteiger partial charge in [0.2, 0.25) is 5.91 Å². The van der Waals surface area contributed by atoms with E-state index in [1.54, 1.807) is 0 Å². The molecule has 1 saturated carbocycles. The number of amides is 1. The van der Waals surface area contributed by atoms with Gasteiger partial charge in [0.1, 0.15) is 0 Å². The minimum Gasteiger partial charge on any atom is -0.339 e. The van der Waals surface area contributed by atoms with E-state index in [4.69, 9.17) is 5.73 Å². The lowest BCUT2D eigenvalue weighted by atomic mass is 9.94. The molecule has 0 aromatic rings. The molecule has 14 heavy (non-hydrogen) atoms. The van der Waals surface area contributed by atoms with Crippen LogP contribution in [0.3, 0.4) is 0 Å². The van der Waals surface area contributed by atoms with Gasteiger partial charge < -0.3 is 10.6 Å². The third-order valence-electron chi connectivity index (χ3n) is 2.97. The summed E-state index contributed by atoms with van der Waals surface area (Å²) in [6.07, 6.45) is 7.23. The van der Waals surface area contributed by atoms with E-state index in [9.17, 15) is 4.79 Å². The molecular weight excluding hydrogens is 176 g/mol. The smallest absolute Gasteiger partial charge is 0.236 e. The molecule has 1 fully saturated rings. The molecule has 0 spiro atoms. The van der Waals surface area contributed by atoms with Crippen molar-refractivity contribution in [2.45, 2.75) is 51.5 Å². The maximum Gasteiger partial charge on any atom is 0.236 e. The summed E-state index contributed by atoms with van der Waals surface area (Å²) in [5.74, 6) is 0.124. The van der Waals surface area contributed by atoms with Crippen LogP contribution in [0.25, 0.3) is 0 Å². The summed E-state index contributed by atoms with van der Waals surface area (Å²) in [6.45, 7) is 3.15. The van der Waals surface area contributed by atoms with Gasteiger partial charge in [0, 0.05) is 12.6 Å². The number of hydrogen-bond donors (Lipinski definition) is 1. The number of carbonyl (C=O) groups is 1. The van der Waals surface area contributed by atoms with Gasteiger partial charge in [0.25, 0.3) is 0 Å². The van der Waals surface area contributed by atoms with Crippen molar-refractivity contribution >= 4 is 5.91 Å². The number of carbonyl (C=O) groups excluding carboxylic acids is 1. The Bertz CT molecular complexity index is 176. The van der Waals surface area contributed by atoms with E-state index >= 15 is 0 Å². The van der Waals surface area contributed by atoms with Crippen molar-refractivity contribution in [1.82, 2.24) is 4.90 Å². The Morgan fingerprint density at radius 2 is 2.00 bits per heavy atom. The average Bonchev–Trinajstić information content (AvgIpc) is 2.26. The van der Waals surface area contributed by atoms with E-state index in [0.717, 1.165) is 13.0 Å². The fraction of sp³-hybridized carbons (Fsp3) is 0.909. The fourth-order valence-corrected chi connectivity index (χ4v) is 2.26. The van der Waals surface area contributed by atoms with Gasteiger partial charge in [-0.3, -0.25) is 4.79 Å². The second-order valence-electron chi connectivity index (χ2n) is 4.08. The molecule has 0 bridgehead atoms. The zero-order valence-electron chi connectivity index (χ0n) is 9.17. The quantitative estimate of drug-likeness (QED) is 0.744. The summed E-state index contributed by atoms with van der Waals surface area (Å²) >= 11 is 0. The number of rotatable bonds is 4. The molecule has 0 atom stereocenters. The topological polar surface area (TPSA) is 46.3 Å². The standard InChI is InChI=1S/C11H22N2O/c1-2-8-13(11(14)9-12)10-6-4-3-5-7-10/h10H,2-9,12H2,1H3. The first-order valence-corrected chi connectivity index (χ1v) is 5.79. The van der Waals surface area contributed by atoms with Crippen molar-refractivity contribution in [3.05, 3.63) is 0 Å². The third-order valence-corrected chi connectivity index (χ3v) is 2.97. The van der Waals surface area contributed by atoms with E-state index in [2.05, 4.69) is 6.92 Å². The Labute approximate surface area is 86.6 Å². The Balaban J connectivity index is 2.50. The van der Waals surface area contributed by atoms with Gasteiger partial charge >= 0.3 is 0 Å². The van der Waals surface area contributed by atoms with Crippen molar-refractivity contribution in [2.75, 3.05) is 13.1 Å². The van der Waals surface area contributed by atoms with Gasteiger partial charge in [-0.25, -0.2) is 0 Å². The first-order chi connectivity index (χ1) is 6.79. The lowest BCUT2D eigenvalue weighted by molar-refractivity contribution is -0.132. The van der Waals surface area contributed by atoms with Crippen molar-refractivity contribution in [3.8, 4) is 0 Å². The third kappa shape index (κ3) is 2.98. The summed E-state index contributed by atoms with van der Waals surface area (Å²) in [6, 6.07) is 0.472. The molecule has 1 amide bonds. The maximum absolute atomic E-state index is 11.6. The number of hydrogen-bond acceptors (Lipinski definition) is 2. The lowest BCUT2D eigenvalue weighted by Gasteiger charge is -2.34. The molecule has 3 heteroatoms. The van der Waals surface area contributed by atoms with Crippen LogP contribution in [0.15, 0.2) is 0 Å². The molecule has 0 unspecified atom stereocenters. The number of nitrogens with zero attached hydrogens (tertiary/aromatic N) is 1. The molecule has 3 nitrogen and oxygen atoms in total. The van der Waals surface area contributed by atoms with Crippen LogP contribution in [-0.2, 0) is 4.79 Å². The molecule has 0 radical (unpaired) electrons. The molecule has 1 rings (SSSR count). The Morgan fingerprint density at radius 3 is 2.50 bits per heavy atom. The molecule has 0 aromatic heterocycles. The molecule has 82 valence electrons. The van der Waals surface area contributed by atoms with Crippen LogP contribution in [0.5, 0.6) is 0 Å². The van der Waals surface area contributed by atoms with Gasteiger partial charge in [-0.2, -0.15) is 0 Å². The highest BCUT2D eigenvalue weighted by Gasteiger charge is 2.23. The highest BCUT2D eigenvalue weighted by molar-refractivity contribution is 5.78. The first kappa shape index (κ1) is 11.5. The minimum atomic E-state index is 0.124. The normalized spacial score (nSPS) is 18.1. The van der Waals surface area contributed by atoms with E-state index in [-0.39, 0.29) is 12.5 Å². The summed E-state index contributed by atoms with van der Waals surface area (Å²) in [5.41, 5.74) is 5.42. The van der Waals surface area contributed by atoms with E-state index < -0.39 is 0 Å². The highest BCUT2D eigenvalue weighted by atomic mass is 16.2. The van der Waals surface area contributed by atoms with E-state index in [0.29, 0.717) is 6.04 Å². The summed E-state index contributed by atoms with van der Waals surface area (Å²) in [4.78, 5) is 13.6. The molecule has 2 N–H and O–H groups in total. The Hall–Kier alpha value is -0.570. The molecule has 1 aliphatic carbocycles. The monoisotopic (exact) mass is 198 g/mol. The molecule has 0 aromatic carbocycles. The van der Waals surface area contributed by atoms with Crippen LogP contribution in [0.1, 0.15) is 45.4 Å². The lowest BCUT2D eigenvalue weighted by Crippen LogP contribution is -2.44. The van der Waals surface area contributed by atoms with Crippen molar-refractivity contribution in [2.24, 2.45) is 5.73 Å². The van der Waals surface area contributed by atoms with Gasteiger partial charge in [-0.05, 0) is 19.3 Å². The maximum atomic E-state index is 11.6. The SMILES string of the molecule is CCCN(C(=O)CN)C1CCCCC1. The second kappa shape index (κ2) is 6.02. The van der Waals surface area contributed by atoms with Crippen LogP contribution >= 0.6 is 0 Å². The van der Waals surface area contributed by atoms with Crippen LogP contribution in [-0.4, -0.2) is 29.9 Å². The average molecular weight is 198 g/mol. The predicted molar refractivity (Wildman–Crippen MR) is 57.9 cm³/mol. The Morgan fingerprint density at radius 1 is 1.36 bits per heavy atom. The molecule has 0 saturated heterocycles. The van der Waals surface area contributed by atoms with Crippen LogP contribution < -0.4 is 5.73 Å². The molecule has 0 heterocycles. The second-order valence-corrected chi connectivity index (χ2v) is 4.08. The first-order valence-electron chi connectivity index (χ1n) is 5.79. The highest BCUT2D eigenvalue weighted by Crippen LogP contribution is 2.22. The molecule has 1 aliphatic rings. The Kier molecular flexibility index (Phi) is 4.94. The molecule has 0 aliphatic heterocycles. The minimum absolute atomic E-state index is 0.124. The zero-order chi connectivity index (χ0) is 10.4. The summed E-state index contributed by atoms with van der Waals surface area (Å²) in [7, 11) is 0. The number of nitrogens with two attached hydrogens (primary N) is 1. The predicted octanol–water partition coefficient (Wildman–Crippen LogP) is 1.52. The van der Waals surface area contributed by atoms with Crippen LogP contribution in [0, 0.1) is 0 Å². The zero-order valence-corrected chi connectivity index (χ0v) is 9.17. The van der Waals surface area contributed by atoms with Gasteiger partial charge in [-0.15, -0.1) is 0 Å². The van der Waals surface area contributed by atoms with E-state index in [1.165, 1.54) is 32.1 Å². The van der Waals surface area contributed by atoms with Crippen LogP contribution in [0.2, 0.25) is 0 Å². The summed E-state index contributed by atoms with van der Waals surface area (Å²) in [5, 5.41) is 0. The largest absolute Gasteiger partial charge is 0.339 e. The van der Waals surface area contributed by atoms with Crippen LogP contribution in [0.4, 0.5) is 0 Å². The summed E-state index contributed by atoms with van der Waals surface area (Å²) < 4.78 is 0. The van der Waals surface area contributed by atoms with Gasteiger partial charge in [0.15, 0.2) is 0 Å². The van der Waals surface area contributed by atoms with E-state index in [1.807, 2.05) is 4.90 Å².